The summed E-state index contributed by atoms with van der Waals surface area (Å²) in [6.07, 6.45) is 15.0. The van der Waals surface area contributed by atoms with Crippen molar-refractivity contribution < 1.29 is 19.0 Å². The SMILES string of the molecule is CCCCCCCCCCOc1ccc(C(=O)Oc2ccc(OCCC[C@H](C)CCC)cc2)cc1. The van der Waals surface area contributed by atoms with E-state index in [1.165, 1.54) is 64.2 Å². The number of carbonyl (C=O) groups excluding carboxylic acids is 1. The third-order valence-electron chi connectivity index (χ3n) is 6.28. The summed E-state index contributed by atoms with van der Waals surface area (Å²) in [5.74, 6) is 2.47. The number of hydrogen-bond acceptors (Lipinski definition) is 4. The molecular formula is C31H46O4. The Labute approximate surface area is 213 Å². The Morgan fingerprint density at radius 3 is 1.74 bits per heavy atom. The van der Waals surface area contributed by atoms with E-state index in [0.717, 1.165) is 30.3 Å². The van der Waals surface area contributed by atoms with Crippen LogP contribution in [0.3, 0.4) is 0 Å². The van der Waals surface area contributed by atoms with E-state index in [1.807, 2.05) is 24.3 Å². The van der Waals surface area contributed by atoms with E-state index in [0.29, 0.717) is 24.5 Å². The Balaban J connectivity index is 1.63. The van der Waals surface area contributed by atoms with Crippen LogP contribution in [0.4, 0.5) is 0 Å². The number of esters is 1. The van der Waals surface area contributed by atoms with Gasteiger partial charge < -0.3 is 14.2 Å². The second-order valence-corrected chi connectivity index (χ2v) is 9.59. The molecule has 0 unspecified atom stereocenters. The molecule has 4 nitrogen and oxygen atoms in total. The van der Waals surface area contributed by atoms with E-state index in [1.54, 1.807) is 24.3 Å². The average molecular weight is 483 g/mol. The Morgan fingerprint density at radius 1 is 0.629 bits per heavy atom. The lowest BCUT2D eigenvalue weighted by Crippen LogP contribution is -2.08. The molecule has 0 aliphatic rings. The van der Waals surface area contributed by atoms with Crippen LogP contribution < -0.4 is 14.2 Å². The summed E-state index contributed by atoms with van der Waals surface area (Å²) in [6, 6.07) is 14.4. The molecule has 2 aromatic carbocycles. The van der Waals surface area contributed by atoms with Crippen molar-refractivity contribution >= 4 is 5.97 Å². The molecule has 0 bridgehead atoms. The molecule has 2 aromatic rings. The van der Waals surface area contributed by atoms with Crippen LogP contribution in [-0.2, 0) is 0 Å². The maximum Gasteiger partial charge on any atom is 0.343 e. The zero-order chi connectivity index (χ0) is 25.1. The first kappa shape index (κ1) is 28.7. The van der Waals surface area contributed by atoms with Crippen LogP contribution in [0.25, 0.3) is 0 Å². The molecule has 2 rings (SSSR count). The molecule has 0 saturated heterocycles. The number of carbonyl (C=O) groups is 1. The number of hydrogen-bond donors (Lipinski definition) is 0. The van der Waals surface area contributed by atoms with Gasteiger partial charge in [0, 0.05) is 0 Å². The maximum absolute atomic E-state index is 12.5. The van der Waals surface area contributed by atoms with E-state index < -0.39 is 0 Å². The minimum absolute atomic E-state index is 0.377. The van der Waals surface area contributed by atoms with Crippen molar-refractivity contribution in [2.45, 2.75) is 97.8 Å². The molecule has 35 heavy (non-hydrogen) atoms. The minimum Gasteiger partial charge on any atom is -0.494 e. The molecule has 0 aliphatic carbocycles. The lowest BCUT2D eigenvalue weighted by atomic mass is 10.0. The molecule has 0 aliphatic heterocycles. The predicted octanol–water partition coefficient (Wildman–Crippen LogP) is 9.02. The third kappa shape index (κ3) is 12.7. The molecule has 0 saturated carbocycles. The lowest BCUT2D eigenvalue weighted by molar-refractivity contribution is 0.0734. The minimum atomic E-state index is -0.377. The van der Waals surface area contributed by atoms with Crippen LogP contribution in [0, 0.1) is 5.92 Å². The van der Waals surface area contributed by atoms with Gasteiger partial charge in [-0.1, -0.05) is 78.6 Å². The summed E-state index contributed by atoms with van der Waals surface area (Å²) in [5.41, 5.74) is 0.506. The van der Waals surface area contributed by atoms with E-state index in [2.05, 4.69) is 20.8 Å². The highest BCUT2D eigenvalue weighted by Crippen LogP contribution is 2.21. The Bertz CT molecular complexity index is 798. The lowest BCUT2D eigenvalue weighted by Gasteiger charge is -2.11. The summed E-state index contributed by atoms with van der Waals surface area (Å²) >= 11 is 0. The van der Waals surface area contributed by atoms with Gasteiger partial charge >= 0.3 is 5.97 Å². The molecule has 194 valence electrons. The largest absolute Gasteiger partial charge is 0.494 e. The molecule has 4 heteroatoms. The van der Waals surface area contributed by atoms with Crippen LogP contribution in [0.1, 0.15) is 108 Å². The fourth-order valence-corrected chi connectivity index (χ4v) is 4.14. The number of benzene rings is 2. The second kappa shape index (κ2) is 17.9. The van der Waals surface area contributed by atoms with Crippen molar-refractivity contribution in [1.82, 2.24) is 0 Å². The first-order valence-corrected chi connectivity index (χ1v) is 13.8. The van der Waals surface area contributed by atoms with Crippen LogP contribution in [0.2, 0.25) is 0 Å². The van der Waals surface area contributed by atoms with Crippen LogP contribution in [-0.4, -0.2) is 19.2 Å². The maximum atomic E-state index is 12.5. The van der Waals surface area contributed by atoms with Gasteiger partial charge in [-0.15, -0.1) is 0 Å². The standard InChI is InChI=1S/C31H46O4/c1-4-6-7-8-9-10-11-12-24-33-28-18-16-27(17-19-28)31(32)35-30-22-20-29(21-23-30)34-25-13-15-26(3)14-5-2/h16-23,26H,4-15,24-25H2,1-3H3/t26-/m1/s1. The van der Waals surface area contributed by atoms with Crippen molar-refractivity contribution in [2.24, 2.45) is 5.92 Å². The number of ether oxygens (including phenoxy) is 3. The van der Waals surface area contributed by atoms with Gasteiger partial charge in [0.05, 0.1) is 18.8 Å². The fraction of sp³-hybridized carbons (Fsp3) is 0.581. The van der Waals surface area contributed by atoms with Crippen molar-refractivity contribution in [2.75, 3.05) is 13.2 Å². The van der Waals surface area contributed by atoms with Gasteiger partial charge in [-0.2, -0.15) is 0 Å². The fourth-order valence-electron chi connectivity index (χ4n) is 4.14. The molecular weight excluding hydrogens is 436 g/mol. The molecule has 1 atom stereocenters. The molecule has 0 fully saturated rings. The molecule has 0 aromatic heterocycles. The Kier molecular flexibility index (Phi) is 14.7. The zero-order valence-electron chi connectivity index (χ0n) is 22.2. The highest BCUT2D eigenvalue weighted by atomic mass is 16.5. The van der Waals surface area contributed by atoms with Gasteiger partial charge in [-0.05, 0) is 73.7 Å². The van der Waals surface area contributed by atoms with Gasteiger partial charge in [0.25, 0.3) is 0 Å². The van der Waals surface area contributed by atoms with Crippen LogP contribution in [0.5, 0.6) is 17.2 Å². The summed E-state index contributed by atoms with van der Waals surface area (Å²) < 4.78 is 17.1. The quantitative estimate of drug-likeness (QED) is 0.114. The van der Waals surface area contributed by atoms with Crippen LogP contribution >= 0.6 is 0 Å². The van der Waals surface area contributed by atoms with Crippen molar-refractivity contribution in [3.8, 4) is 17.2 Å². The third-order valence-corrected chi connectivity index (χ3v) is 6.28. The van der Waals surface area contributed by atoms with E-state index in [9.17, 15) is 4.79 Å². The molecule has 0 amide bonds. The highest BCUT2D eigenvalue weighted by molar-refractivity contribution is 5.91. The van der Waals surface area contributed by atoms with E-state index >= 15 is 0 Å². The average Bonchev–Trinajstić information content (AvgIpc) is 2.87. The molecule has 0 N–H and O–H groups in total. The second-order valence-electron chi connectivity index (χ2n) is 9.59. The van der Waals surface area contributed by atoms with Gasteiger partial charge in [0.1, 0.15) is 17.2 Å². The van der Waals surface area contributed by atoms with Gasteiger partial charge in [0.15, 0.2) is 0 Å². The van der Waals surface area contributed by atoms with E-state index in [-0.39, 0.29) is 5.97 Å². The molecule has 0 heterocycles. The summed E-state index contributed by atoms with van der Waals surface area (Å²) in [4.78, 5) is 12.5. The van der Waals surface area contributed by atoms with Gasteiger partial charge in [-0.3, -0.25) is 0 Å². The van der Waals surface area contributed by atoms with Crippen molar-refractivity contribution in [1.29, 1.82) is 0 Å². The Morgan fingerprint density at radius 2 is 1.14 bits per heavy atom. The summed E-state index contributed by atoms with van der Waals surface area (Å²) in [7, 11) is 0. The summed E-state index contributed by atoms with van der Waals surface area (Å²) in [5, 5.41) is 0. The molecule has 0 radical (unpaired) electrons. The van der Waals surface area contributed by atoms with Crippen molar-refractivity contribution in [3.63, 3.8) is 0 Å². The van der Waals surface area contributed by atoms with Gasteiger partial charge in [0.2, 0.25) is 0 Å². The normalized spacial score (nSPS) is 11.7. The zero-order valence-corrected chi connectivity index (χ0v) is 22.2. The number of unbranched alkanes of at least 4 members (excludes halogenated alkanes) is 7. The first-order chi connectivity index (χ1) is 17.1. The highest BCUT2D eigenvalue weighted by Gasteiger charge is 2.09. The smallest absolute Gasteiger partial charge is 0.343 e. The Hall–Kier alpha value is -2.49. The number of rotatable bonds is 19. The van der Waals surface area contributed by atoms with Crippen molar-refractivity contribution in [3.05, 3.63) is 54.1 Å². The van der Waals surface area contributed by atoms with Crippen LogP contribution in [0.15, 0.2) is 48.5 Å². The predicted molar refractivity (Wildman–Crippen MR) is 145 cm³/mol. The molecule has 0 spiro atoms. The van der Waals surface area contributed by atoms with Gasteiger partial charge in [-0.25, -0.2) is 4.79 Å². The monoisotopic (exact) mass is 482 g/mol. The summed E-state index contributed by atoms with van der Waals surface area (Å²) in [6.45, 7) is 8.19. The first-order valence-electron chi connectivity index (χ1n) is 13.8. The topological polar surface area (TPSA) is 44.8 Å². The van der Waals surface area contributed by atoms with E-state index in [4.69, 9.17) is 14.2 Å².